The number of carbonyl (C=O) groups excluding carboxylic acids is 1. The zero-order valence-electron chi connectivity index (χ0n) is 12.8. The molecule has 0 bridgehead atoms. The average Bonchev–Trinajstić information content (AvgIpc) is 2.43. The van der Waals surface area contributed by atoms with E-state index in [2.05, 4.69) is 5.32 Å². The molecule has 1 N–H and O–H groups in total. The highest BCUT2D eigenvalue weighted by atomic mass is 32.2. The Labute approximate surface area is 126 Å². The van der Waals surface area contributed by atoms with Crippen LogP contribution in [0.15, 0.2) is 29.2 Å². The average molecular weight is 314 g/mol. The molecule has 0 radical (unpaired) electrons. The maximum Gasteiger partial charge on any atom is 0.243 e. The zero-order chi connectivity index (χ0) is 16.0. The molecule has 1 aromatic carbocycles. The van der Waals surface area contributed by atoms with Crippen LogP contribution in [-0.2, 0) is 14.8 Å². The van der Waals surface area contributed by atoms with Crippen molar-refractivity contribution in [1.29, 1.82) is 0 Å². The second-order valence-electron chi connectivity index (χ2n) is 4.83. The van der Waals surface area contributed by atoms with E-state index in [0.717, 1.165) is 4.31 Å². The number of carbonyl (C=O) groups is 1. The maximum atomic E-state index is 12.5. The summed E-state index contributed by atoms with van der Waals surface area (Å²) in [5, 5.41) is 2.68. The number of amides is 1. The first kappa shape index (κ1) is 17.5. The van der Waals surface area contributed by atoms with E-state index >= 15 is 0 Å². The Morgan fingerprint density at radius 2 is 1.86 bits per heavy atom. The summed E-state index contributed by atoms with van der Waals surface area (Å²) in [5.74, 6) is 0.262. The van der Waals surface area contributed by atoms with Crippen molar-refractivity contribution >= 4 is 15.9 Å². The van der Waals surface area contributed by atoms with Crippen molar-refractivity contribution in [2.24, 2.45) is 0 Å². The summed E-state index contributed by atoms with van der Waals surface area (Å²) in [7, 11) is -2.18. The van der Waals surface area contributed by atoms with Gasteiger partial charge >= 0.3 is 0 Å². The monoisotopic (exact) mass is 314 g/mol. The van der Waals surface area contributed by atoms with Gasteiger partial charge in [0, 0.05) is 12.6 Å². The van der Waals surface area contributed by atoms with Crippen LogP contribution in [0.2, 0.25) is 0 Å². The SMILES string of the molecule is CCN(CC(=O)NC(C)C)S(=O)(=O)c1ccc(OC)cc1. The van der Waals surface area contributed by atoms with Crippen LogP contribution in [0.4, 0.5) is 0 Å². The maximum absolute atomic E-state index is 12.5. The Balaban J connectivity index is 2.93. The molecule has 0 spiro atoms. The van der Waals surface area contributed by atoms with Crippen molar-refractivity contribution in [3.63, 3.8) is 0 Å². The smallest absolute Gasteiger partial charge is 0.243 e. The minimum atomic E-state index is -3.69. The molecular weight excluding hydrogens is 292 g/mol. The van der Waals surface area contributed by atoms with Gasteiger partial charge in [-0.25, -0.2) is 8.42 Å². The number of rotatable bonds is 7. The number of ether oxygens (including phenoxy) is 1. The second kappa shape index (κ2) is 7.42. The number of likely N-dealkylation sites (N-methyl/N-ethyl adjacent to an activating group) is 1. The van der Waals surface area contributed by atoms with Crippen molar-refractivity contribution in [3.8, 4) is 5.75 Å². The summed E-state index contributed by atoms with van der Waals surface area (Å²) in [6.07, 6.45) is 0. The quantitative estimate of drug-likeness (QED) is 0.821. The molecule has 1 rings (SSSR count). The summed E-state index contributed by atoms with van der Waals surface area (Å²) < 4.78 is 31.1. The lowest BCUT2D eigenvalue weighted by Gasteiger charge is -2.20. The van der Waals surface area contributed by atoms with Crippen LogP contribution in [-0.4, -0.2) is 44.9 Å². The molecule has 1 aromatic rings. The Hall–Kier alpha value is -1.60. The van der Waals surface area contributed by atoms with Crippen LogP contribution in [0.25, 0.3) is 0 Å². The summed E-state index contributed by atoms with van der Waals surface area (Å²) in [5.41, 5.74) is 0. The van der Waals surface area contributed by atoms with Gasteiger partial charge in [0.25, 0.3) is 0 Å². The molecule has 0 saturated carbocycles. The van der Waals surface area contributed by atoms with Crippen LogP contribution in [0.3, 0.4) is 0 Å². The third kappa shape index (κ3) is 4.71. The molecular formula is C14H22N2O4S. The standard InChI is InChI=1S/C14H22N2O4S/c1-5-16(10-14(17)15-11(2)3)21(18,19)13-8-6-12(20-4)7-9-13/h6-9,11H,5,10H2,1-4H3,(H,15,17). The lowest BCUT2D eigenvalue weighted by molar-refractivity contribution is -0.121. The fraction of sp³-hybridized carbons (Fsp3) is 0.500. The van der Waals surface area contributed by atoms with Crippen LogP contribution in [0.5, 0.6) is 5.75 Å². The molecule has 0 fully saturated rings. The summed E-state index contributed by atoms with van der Waals surface area (Å²) in [4.78, 5) is 11.9. The fourth-order valence-corrected chi connectivity index (χ4v) is 3.20. The zero-order valence-corrected chi connectivity index (χ0v) is 13.6. The van der Waals surface area contributed by atoms with Gasteiger partial charge in [-0.1, -0.05) is 6.92 Å². The second-order valence-corrected chi connectivity index (χ2v) is 6.77. The lowest BCUT2D eigenvalue weighted by atomic mass is 10.3. The van der Waals surface area contributed by atoms with Crippen molar-refractivity contribution in [1.82, 2.24) is 9.62 Å². The lowest BCUT2D eigenvalue weighted by Crippen LogP contribution is -2.42. The molecule has 0 aliphatic heterocycles. The van der Waals surface area contributed by atoms with Gasteiger partial charge in [-0.2, -0.15) is 4.31 Å². The highest BCUT2D eigenvalue weighted by molar-refractivity contribution is 7.89. The van der Waals surface area contributed by atoms with E-state index < -0.39 is 10.0 Å². The molecule has 0 saturated heterocycles. The number of hydrogen-bond acceptors (Lipinski definition) is 4. The van der Waals surface area contributed by atoms with Crippen LogP contribution in [0.1, 0.15) is 20.8 Å². The van der Waals surface area contributed by atoms with E-state index in [1.807, 2.05) is 13.8 Å². The van der Waals surface area contributed by atoms with Gasteiger partial charge < -0.3 is 10.1 Å². The van der Waals surface area contributed by atoms with E-state index in [0.29, 0.717) is 5.75 Å². The van der Waals surface area contributed by atoms with Crippen LogP contribution >= 0.6 is 0 Å². The van der Waals surface area contributed by atoms with Gasteiger partial charge in [-0.3, -0.25) is 4.79 Å². The van der Waals surface area contributed by atoms with E-state index in [1.165, 1.54) is 19.2 Å². The summed E-state index contributed by atoms with van der Waals surface area (Å²) in [6.45, 7) is 5.38. The topological polar surface area (TPSA) is 75.7 Å². The fourth-order valence-electron chi connectivity index (χ4n) is 1.79. The highest BCUT2D eigenvalue weighted by Gasteiger charge is 2.25. The number of benzene rings is 1. The van der Waals surface area contributed by atoms with Gasteiger partial charge in [0.2, 0.25) is 15.9 Å². The molecule has 0 heterocycles. The molecule has 6 nitrogen and oxygen atoms in total. The van der Waals surface area contributed by atoms with Crippen molar-refractivity contribution in [2.45, 2.75) is 31.7 Å². The predicted octanol–water partition coefficient (Wildman–Crippen LogP) is 1.23. The highest BCUT2D eigenvalue weighted by Crippen LogP contribution is 2.19. The largest absolute Gasteiger partial charge is 0.497 e. The van der Waals surface area contributed by atoms with Gasteiger partial charge in [-0.15, -0.1) is 0 Å². The first-order chi connectivity index (χ1) is 9.81. The van der Waals surface area contributed by atoms with E-state index in [4.69, 9.17) is 4.74 Å². The van der Waals surface area contributed by atoms with Crippen molar-refractivity contribution in [3.05, 3.63) is 24.3 Å². The van der Waals surface area contributed by atoms with Crippen LogP contribution in [0, 0.1) is 0 Å². The van der Waals surface area contributed by atoms with Gasteiger partial charge in [0.05, 0.1) is 18.6 Å². The molecule has 1 amide bonds. The number of nitrogens with one attached hydrogen (secondary N) is 1. The first-order valence-electron chi connectivity index (χ1n) is 6.74. The predicted molar refractivity (Wildman–Crippen MR) is 80.7 cm³/mol. The van der Waals surface area contributed by atoms with Crippen LogP contribution < -0.4 is 10.1 Å². The van der Waals surface area contributed by atoms with E-state index in [1.54, 1.807) is 19.1 Å². The Bertz CT molecular complexity index is 567. The Morgan fingerprint density at radius 1 is 1.29 bits per heavy atom. The van der Waals surface area contributed by atoms with Crippen molar-refractivity contribution < 1.29 is 17.9 Å². The van der Waals surface area contributed by atoms with Gasteiger partial charge in [0.15, 0.2) is 0 Å². The molecule has 0 atom stereocenters. The Morgan fingerprint density at radius 3 is 2.29 bits per heavy atom. The minimum absolute atomic E-state index is 0.0279. The number of nitrogens with zero attached hydrogens (tertiary/aromatic N) is 1. The van der Waals surface area contributed by atoms with E-state index in [9.17, 15) is 13.2 Å². The third-order valence-electron chi connectivity index (χ3n) is 2.82. The normalized spacial score (nSPS) is 11.7. The minimum Gasteiger partial charge on any atom is -0.497 e. The van der Waals surface area contributed by atoms with E-state index in [-0.39, 0.29) is 29.9 Å². The number of sulfonamides is 1. The van der Waals surface area contributed by atoms with Crippen molar-refractivity contribution in [2.75, 3.05) is 20.2 Å². The number of methoxy groups -OCH3 is 1. The molecule has 0 unspecified atom stereocenters. The molecule has 0 aliphatic carbocycles. The molecule has 21 heavy (non-hydrogen) atoms. The third-order valence-corrected chi connectivity index (χ3v) is 4.75. The van der Waals surface area contributed by atoms with Gasteiger partial charge in [-0.05, 0) is 38.1 Å². The molecule has 118 valence electrons. The molecule has 0 aromatic heterocycles. The molecule has 7 heteroatoms. The number of hydrogen-bond donors (Lipinski definition) is 1. The Kier molecular flexibility index (Phi) is 6.17. The summed E-state index contributed by atoms with van der Waals surface area (Å²) >= 11 is 0. The summed E-state index contributed by atoms with van der Waals surface area (Å²) in [6, 6.07) is 6.07. The molecule has 0 aliphatic rings. The first-order valence-corrected chi connectivity index (χ1v) is 8.18. The van der Waals surface area contributed by atoms with Gasteiger partial charge in [0.1, 0.15) is 5.75 Å².